The van der Waals surface area contributed by atoms with E-state index in [1.54, 1.807) is 13.8 Å². The minimum atomic E-state index is -0.978. The van der Waals surface area contributed by atoms with Crippen LogP contribution in [-0.2, 0) is 9.59 Å². The number of carbonyl (C=O) groups is 3. The molecule has 0 aliphatic carbocycles. The lowest BCUT2D eigenvalue weighted by Crippen LogP contribution is -2.45. The number of thiocarbonyl (C=S) groups is 1. The van der Waals surface area contributed by atoms with E-state index in [0.29, 0.717) is 5.69 Å². The number of hydrogen-bond acceptors (Lipinski definition) is 4. The van der Waals surface area contributed by atoms with Crippen LogP contribution in [0.2, 0.25) is 5.02 Å². The summed E-state index contributed by atoms with van der Waals surface area (Å²) >= 11 is 10.6. The van der Waals surface area contributed by atoms with Gasteiger partial charge in [0, 0.05) is 18.7 Å². The maximum atomic E-state index is 13.1. The standard InChI is InChI=1S/C15H17ClFN5O3S/c1-15(2)12(24)22(14(25)19-15)6-5-11(23)20-21-13(26)18-8-3-4-10(17)9(16)7-8/h3-4,7H,5-6H2,1-2H3,(H,19,25)(H,20,23)(H2,18,21,26). The maximum Gasteiger partial charge on any atom is 0.325 e. The van der Waals surface area contributed by atoms with Crippen LogP contribution in [0, 0.1) is 5.82 Å². The van der Waals surface area contributed by atoms with E-state index in [9.17, 15) is 18.8 Å². The number of hydrazine groups is 1. The highest BCUT2D eigenvalue weighted by atomic mass is 35.5. The predicted molar refractivity (Wildman–Crippen MR) is 97.8 cm³/mol. The van der Waals surface area contributed by atoms with Crippen LogP contribution in [0.5, 0.6) is 0 Å². The molecule has 11 heteroatoms. The van der Waals surface area contributed by atoms with Crippen molar-refractivity contribution < 1.29 is 18.8 Å². The highest BCUT2D eigenvalue weighted by Crippen LogP contribution is 2.19. The van der Waals surface area contributed by atoms with Crippen molar-refractivity contribution in [3.63, 3.8) is 0 Å². The molecular weight excluding hydrogens is 385 g/mol. The largest absolute Gasteiger partial charge is 0.331 e. The van der Waals surface area contributed by atoms with Crippen LogP contribution in [0.1, 0.15) is 20.3 Å². The van der Waals surface area contributed by atoms with E-state index in [4.69, 9.17) is 23.8 Å². The molecule has 1 aliphatic rings. The van der Waals surface area contributed by atoms with E-state index < -0.39 is 29.2 Å². The topological polar surface area (TPSA) is 103 Å². The van der Waals surface area contributed by atoms with Gasteiger partial charge in [0.1, 0.15) is 11.4 Å². The average molecular weight is 402 g/mol. The van der Waals surface area contributed by atoms with E-state index >= 15 is 0 Å². The summed E-state index contributed by atoms with van der Waals surface area (Å²) in [5, 5.41) is 5.22. The molecule has 1 heterocycles. The lowest BCUT2D eigenvalue weighted by molar-refractivity contribution is -0.130. The lowest BCUT2D eigenvalue weighted by atomic mass is 10.1. The Bertz CT molecular complexity index is 774. The van der Waals surface area contributed by atoms with Gasteiger partial charge < -0.3 is 10.6 Å². The Balaban J connectivity index is 1.76. The molecule has 4 amide bonds. The molecule has 1 saturated heterocycles. The van der Waals surface area contributed by atoms with E-state index in [2.05, 4.69) is 21.5 Å². The molecule has 1 fully saturated rings. The van der Waals surface area contributed by atoms with Gasteiger partial charge in [-0.25, -0.2) is 9.18 Å². The van der Waals surface area contributed by atoms with Gasteiger partial charge in [0.05, 0.1) is 5.02 Å². The van der Waals surface area contributed by atoms with Crippen molar-refractivity contribution in [2.75, 3.05) is 11.9 Å². The quantitative estimate of drug-likeness (QED) is 0.346. The highest BCUT2D eigenvalue weighted by molar-refractivity contribution is 7.80. The molecule has 0 bridgehead atoms. The number of benzene rings is 1. The second kappa shape index (κ2) is 7.83. The van der Waals surface area contributed by atoms with Crippen LogP contribution in [0.15, 0.2) is 18.2 Å². The minimum absolute atomic E-state index is 0.0529. The smallest absolute Gasteiger partial charge is 0.325 e. The van der Waals surface area contributed by atoms with Crippen LogP contribution in [0.4, 0.5) is 14.9 Å². The molecule has 0 spiro atoms. The summed E-state index contributed by atoms with van der Waals surface area (Å²) in [6, 6.07) is 3.40. The third-order valence-electron chi connectivity index (χ3n) is 3.50. The lowest BCUT2D eigenvalue weighted by Gasteiger charge is -2.16. The number of anilines is 1. The molecule has 2 rings (SSSR count). The molecule has 0 unspecified atom stereocenters. The van der Waals surface area contributed by atoms with E-state index in [0.717, 1.165) is 4.90 Å². The zero-order chi connectivity index (χ0) is 19.5. The number of carbonyl (C=O) groups excluding carboxylic acids is 3. The zero-order valence-electron chi connectivity index (χ0n) is 14.0. The molecule has 1 aromatic rings. The van der Waals surface area contributed by atoms with Crippen LogP contribution in [0.3, 0.4) is 0 Å². The number of amides is 4. The van der Waals surface area contributed by atoms with Crippen LogP contribution in [-0.4, -0.2) is 39.9 Å². The SMILES string of the molecule is CC1(C)NC(=O)N(CCC(=O)NNC(=S)Nc2ccc(F)c(Cl)c2)C1=O. The van der Waals surface area contributed by atoms with Gasteiger partial charge in [-0.3, -0.25) is 25.3 Å². The van der Waals surface area contributed by atoms with Gasteiger partial charge in [-0.05, 0) is 44.3 Å². The number of halogens is 2. The van der Waals surface area contributed by atoms with Gasteiger partial charge in [0.25, 0.3) is 5.91 Å². The van der Waals surface area contributed by atoms with Crippen molar-refractivity contribution in [2.24, 2.45) is 0 Å². The molecule has 0 radical (unpaired) electrons. The van der Waals surface area contributed by atoms with E-state index in [1.807, 2.05) is 0 Å². The fourth-order valence-corrected chi connectivity index (χ4v) is 2.51. The first kappa shape index (κ1) is 19.9. The first-order valence-electron chi connectivity index (χ1n) is 7.55. The van der Waals surface area contributed by atoms with Gasteiger partial charge >= 0.3 is 6.03 Å². The second-order valence-electron chi connectivity index (χ2n) is 6.02. The molecule has 0 atom stereocenters. The Morgan fingerprint density at radius 1 is 1.35 bits per heavy atom. The average Bonchev–Trinajstić information content (AvgIpc) is 2.75. The van der Waals surface area contributed by atoms with Crippen LogP contribution < -0.4 is 21.5 Å². The number of nitrogens with one attached hydrogen (secondary N) is 4. The summed E-state index contributed by atoms with van der Waals surface area (Å²) in [5.41, 5.74) is 4.25. The molecule has 4 N–H and O–H groups in total. The Labute approximate surface area is 159 Å². The predicted octanol–water partition coefficient (Wildman–Crippen LogP) is 1.52. The van der Waals surface area contributed by atoms with Crippen LogP contribution in [0.25, 0.3) is 0 Å². The number of nitrogens with zero attached hydrogens (tertiary/aromatic N) is 1. The molecule has 1 aromatic carbocycles. The van der Waals surface area contributed by atoms with Crippen molar-refractivity contribution in [3.05, 3.63) is 29.0 Å². The zero-order valence-corrected chi connectivity index (χ0v) is 15.6. The molecule has 0 aromatic heterocycles. The summed E-state index contributed by atoms with van der Waals surface area (Å²) < 4.78 is 13.1. The fourth-order valence-electron chi connectivity index (χ4n) is 2.16. The maximum absolute atomic E-state index is 13.1. The van der Waals surface area contributed by atoms with Crippen molar-refractivity contribution in [1.82, 2.24) is 21.1 Å². The molecule has 140 valence electrons. The first-order chi connectivity index (χ1) is 12.1. The van der Waals surface area contributed by atoms with Crippen molar-refractivity contribution in [1.29, 1.82) is 0 Å². The summed E-state index contributed by atoms with van der Waals surface area (Å²) in [6.45, 7) is 3.11. The second-order valence-corrected chi connectivity index (χ2v) is 6.83. The Morgan fingerprint density at radius 3 is 2.62 bits per heavy atom. The number of urea groups is 1. The summed E-state index contributed by atoms with van der Waals surface area (Å²) in [7, 11) is 0. The molecule has 0 saturated carbocycles. The number of imide groups is 1. The minimum Gasteiger partial charge on any atom is -0.331 e. The van der Waals surface area contributed by atoms with Gasteiger partial charge in [-0.2, -0.15) is 0 Å². The van der Waals surface area contributed by atoms with E-state index in [-0.39, 0.29) is 23.1 Å². The normalized spacial score (nSPS) is 15.5. The van der Waals surface area contributed by atoms with Gasteiger partial charge in [-0.1, -0.05) is 11.6 Å². The monoisotopic (exact) mass is 401 g/mol. The Hall–Kier alpha value is -2.46. The number of hydrogen-bond donors (Lipinski definition) is 4. The van der Waals surface area contributed by atoms with Gasteiger partial charge in [-0.15, -0.1) is 0 Å². The number of rotatable bonds is 4. The molecular formula is C15H17ClFN5O3S. The Kier molecular flexibility index (Phi) is 5.98. The summed E-state index contributed by atoms with van der Waals surface area (Å²) in [5.74, 6) is -1.43. The van der Waals surface area contributed by atoms with Crippen molar-refractivity contribution in [3.8, 4) is 0 Å². The molecule has 1 aliphatic heterocycles. The first-order valence-corrected chi connectivity index (χ1v) is 8.34. The highest BCUT2D eigenvalue weighted by Gasteiger charge is 2.43. The van der Waals surface area contributed by atoms with Crippen molar-refractivity contribution in [2.45, 2.75) is 25.8 Å². The van der Waals surface area contributed by atoms with Crippen molar-refractivity contribution >= 4 is 52.5 Å². The third kappa shape index (κ3) is 4.79. The Morgan fingerprint density at radius 2 is 2.04 bits per heavy atom. The fraction of sp³-hybridized carbons (Fsp3) is 0.333. The summed E-state index contributed by atoms with van der Waals surface area (Å²) in [6.07, 6.45) is -0.104. The van der Waals surface area contributed by atoms with Gasteiger partial charge in [0.15, 0.2) is 5.11 Å². The molecule has 8 nitrogen and oxygen atoms in total. The van der Waals surface area contributed by atoms with Crippen LogP contribution >= 0.6 is 23.8 Å². The summed E-state index contributed by atoms with van der Waals surface area (Å²) in [4.78, 5) is 36.5. The third-order valence-corrected chi connectivity index (χ3v) is 3.99. The van der Waals surface area contributed by atoms with E-state index in [1.165, 1.54) is 18.2 Å². The van der Waals surface area contributed by atoms with Gasteiger partial charge in [0.2, 0.25) is 5.91 Å². The molecule has 26 heavy (non-hydrogen) atoms.